The number of ether oxygens (including phenoxy) is 2. The lowest BCUT2D eigenvalue weighted by Crippen LogP contribution is -2.53. The van der Waals surface area contributed by atoms with E-state index in [0.717, 1.165) is 50.7 Å². The third-order valence-corrected chi connectivity index (χ3v) is 10.8. The number of rotatable bonds is 11. The van der Waals surface area contributed by atoms with Crippen LogP contribution in [0.25, 0.3) is 33.5 Å². The number of nitrogens with zero attached hydrogens (tertiary/aromatic N) is 8. The number of piperazine rings is 1. The Labute approximate surface area is 309 Å². The summed E-state index contributed by atoms with van der Waals surface area (Å²) in [4.78, 5) is 13.3. The maximum Gasteiger partial charge on any atom is 0.245 e. The van der Waals surface area contributed by atoms with E-state index < -0.39 is 16.2 Å². The quantitative estimate of drug-likeness (QED) is 0.168. The second kappa shape index (κ2) is 15.4. The zero-order valence-corrected chi connectivity index (χ0v) is 29.5. The molecule has 1 fully saturated rings. The highest BCUT2D eigenvalue weighted by atomic mass is 32.2. The van der Waals surface area contributed by atoms with Gasteiger partial charge in [-0.25, -0.2) is 23.2 Å². The van der Waals surface area contributed by atoms with E-state index in [4.69, 9.17) is 14.6 Å². The van der Waals surface area contributed by atoms with Gasteiger partial charge in [-0.05, 0) is 66.7 Å². The highest BCUT2D eigenvalue weighted by molar-refractivity contribution is 7.85. The SMILES string of the molecule is C.COc1ccccc1-c1ccc2cnc(Nc3cccc(N4CCN(C(CO)S(=O)c5ncc6ccc(-c7ccccc7OC)n6n5)CC4)c3)nn12. The number of fused-ring (bicyclic) bond motifs is 2. The minimum Gasteiger partial charge on any atom is -0.496 e. The molecule has 1 saturated heterocycles. The zero-order valence-electron chi connectivity index (χ0n) is 28.7. The van der Waals surface area contributed by atoms with Crippen molar-refractivity contribution in [1.29, 1.82) is 0 Å². The Bertz CT molecular complexity index is 2390. The molecule has 53 heavy (non-hydrogen) atoms. The molecular formula is C39H41N9O4S. The predicted molar refractivity (Wildman–Crippen MR) is 207 cm³/mol. The van der Waals surface area contributed by atoms with Crippen LogP contribution in [0.1, 0.15) is 7.43 Å². The van der Waals surface area contributed by atoms with Gasteiger partial charge in [0.2, 0.25) is 11.1 Å². The summed E-state index contributed by atoms with van der Waals surface area (Å²) >= 11 is 0. The van der Waals surface area contributed by atoms with Gasteiger partial charge in [0.05, 0.1) is 55.6 Å². The summed E-state index contributed by atoms with van der Waals surface area (Å²) in [7, 11) is 1.60. The molecular weight excluding hydrogens is 691 g/mol. The Balaban J connectivity index is 0.00000435. The van der Waals surface area contributed by atoms with Gasteiger partial charge in [-0.2, -0.15) is 0 Å². The summed E-state index contributed by atoms with van der Waals surface area (Å²) in [6.07, 6.45) is 3.45. The van der Waals surface area contributed by atoms with Crippen LogP contribution in [0.15, 0.2) is 115 Å². The number of aromatic nitrogens is 6. The number of hydrogen-bond donors (Lipinski definition) is 2. The van der Waals surface area contributed by atoms with Crippen molar-refractivity contribution in [2.75, 3.05) is 57.2 Å². The number of anilines is 3. The third kappa shape index (κ3) is 6.91. The van der Waals surface area contributed by atoms with E-state index in [-0.39, 0.29) is 19.2 Å². The van der Waals surface area contributed by atoms with Crippen molar-refractivity contribution in [3.8, 4) is 34.0 Å². The first-order valence-corrected chi connectivity index (χ1v) is 18.1. The summed E-state index contributed by atoms with van der Waals surface area (Å²) in [5, 5.41) is 22.8. The van der Waals surface area contributed by atoms with Crippen LogP contribution in [0.3, 0.4) is 0 Å². The van der Waals surface area contributed by atoms with Gasteiger partial charge >= 0.3 is 0 Å². The van der Waals surface area contributed by atoms with Gasteiger partial charge < -0.3 is 24.8 Å². The van der Waals surface area contributed by atoms with Crippen LogP contribution >= 0.6 is 0 Å². The van der Waals surface area contributed by atoms with Crippen LogP contribution in [0.2, 0.25) is 0 Å². The van der Waals surface area contributed by atoms with Gasteiger partial charge in [0.1, 0.15) is 27.7 Å². The number of nitrogens with one attached hydrogen (secondary N) is 1. The topological polar surface area (TPSA) is 135 Å². The summed E-state index contributed by atoms with van der Waals surface area (Å²) < 4.78 is 28.6. The molecule has 1 aliphatic heterocycles. The van der Waals surface area contributed by atoms with Crippen LogP contribution in [-0.2, 0) is 10.8 Å². The van der Waals surface area contributed by atoms with Crippen molar-refractivity contribution < 1.29 is 18.8 Å². The van der Waals surface area contributed by atoms with Crippen molar-refractivity contribution in [3.05, 3.63) is 109 Å². The highest BCUT2D eigenvalue weighted by Crippen LogP contribution is 2.32. The average Bonchev–Trinajstić information content (AvgIpc) is 3.82. The lowest BCUT2D eigenvalue weighted by atomic mass is 10.1. The van der Waals surface area contributed by atoms with Gasteiger partial charge in [-0.3, -0.25) is 4.90 Å². The molecule has 8 rings (SSSR count). The van der Waals surface area contributed by atoms with Crippen LogP contribution in [0, 0.1) is 0 Å². The average molecular weight is 732 g/mol. The standard InChI is InChI=1S/C38H37N9O4S.CH4/c1-50-34-12-5-3-10-30(34)32-16-14-28-23-39-37(42-46(28)32)41-26-8-7-9-27(22-26)44-18-20-45(21-19-44)36(25-48)52(49)38-40-24-29-15-17-33(47(29)43-38)31-11-4-6-13-35(31)51-2;/h3-17,22-24,36,48H,18-21,25H2,1-2H3,(H,41,42);1H4. The molecule has 2 unspecified atom stereocenters. The number of para-hydroxylation sites is 2. The van der Waals surface area contributed by atoms with E-state index in [1.807, 2.05) is 89.4 Å². The minimum absolute atomic E-state index is 0. The van der Waals surface area contributed by atoms with Crippen molar-refractivity contribution in [2.24, 2.45) is 0 Å². The fourth-order valence-corrected chi connectivity index (χ4v) is 7.85. The Morgan fingerprint density at radius 3 is 1.98 bits per heavy atom. The van der Waals surface area contributed by atoms with Crippen LogP contribution < -0.4 is 19.7 Å². The Hall–Kier alpha value is -5.83. The van der Waals surface area contributed by atoms with E-state index >= 15 is 0 Å². The Kier molecular flexibility index (Phi) is 10.3. The first-order valence-electron chi connectivity index (χ1n) is 16.9. The van der Waals surface area contributed by atoms with Crippen molar-refractivity contribution >= 4 is 39.2 Å². The molecule has 14 heteroatoms. The fourth-order valence-electron chi connectivity index (χ4n) is 6.68. The molecule has 0 saturated carbocycles. The molecule has 5 heterocycles. The molecule has 2 N–H and O–H groups in total. The van der Waals surface area contributed by atoms with Gasteiger partial charge in [-0.15, -0.1) is 10.2 Å². The van der Waals surface area contributed by atoms with Crippen molar-refractivity contribution in [2.45, 2.75) is 18.0 Å². The van der Waals surface area contributed by atoms with Gasteiger partial charge in [-0.1, -0.05) is 37.8 Å². The number of aliphatic hydroxyl groups excluding tert-OH is 1. The van der Waals surface area contributed by atoms with E-state index in [0.29, 0.717) is 37.9 Å². The van der Waals surface area contributed by atoms with E-state index in [2.05, 4.69) is 42.3 Å². The summed E-state index contributed by atoms with van der Waals surface area (Å²) in [6, 6.07) is 31.5. The molecule has 2 atom stereocenters. The van der Waals surface area contributed by atoms with E-state index in [1.54, 1.807) is 31.1 Å². The molecule has 7 aromatic rings. The number of aliphatic hydroxyl groups is 1. The van der Waals surface area contributed by atoms with E-state index in [9.17, 15) is 9.32 Å². The molecule has 0 spiro atoms. The van der Waals surface area contributed by atoms with Crippen molar-refractivity contribution in [1.82, 2.24) is 34.1 Å². The lowest BCUT2D eigenvalue weighted by molar-refractivity contribution is 0.165. The predicted octanol–water partition coefficient (Wildman–Crippen LogP) is 5.75. The number of methoxy groups -OCH3 is 2. The monoisotopic (exact) mass is 731 g/mol. The first-order chi connectivity index (χ1) is 25.5. The zero-order chi connectivity index (χ0) is 35.6. The molecule has 1 aliphatic rings. The summed E-state index contributed by atoms with van der Waals surface area (Å²) in [5.41, 5.74) is 7.03. The van der Waals surface area contributed by atoms with Gasteiger partial charge in [0, 0.05) is 48.7 Å². The first kappa shape index (κ1) is 35.6. The molecule has 0 aliphatic carbocycles. The molecule has 4 aromatic heterocycles. The molecule has 13 nitrogen and oxygen atoms in total. The maximum atomic E-state index is 13.9. The van der Waals surface area contributed by atoms with Crippen molar-refractivity contribution in [3.63, 3.8) is 0 Å². The second-order valence-corrected chi connectivity index (χ2v) is 13.8. The fraction of sp³-hybridized carbons (Fsp3) is 0.231. The highest BCUT2D eigenvalue weighted by Gasteiger charge is 2.30. The van der Waals surface area contributed by atoms with Crippen LogP contribution in [-0.4, -0.2) is 95.8 Å². The number of benzene rings is 3. The summed E-state index contributed by atoms with van der Waals surface area (Å²) in [5.74, 6) is 1.94. The largest absolute Gasteiger partial charge is 0.496 e. The maximum absolute atomic E-state index is 13.9. The second-order valence-electron chi connectivity index (χ2n) is 12.3. The van der Waals surface area contributed by atoms with Gasteiger partial charge in [0.15, 0.2) is 0 Å². The number of hydrogen-bond acceptors (Lipinski definition) is 11. The lowest BCUT2D eigenvalue weighted by Gasteiger charge is -2.39. The van der Waals surface area contributed by atoms with Crippen LogP contribution in [0.5, 0.6) is 11.5 Å². The Morgan fingerprint density at radius 2 is 1.36 bits per heavy atom. The summed E-state index contributed by atoms with van der Waals surface area (Å²) in [6.45, 7) is 2.28. The molecule has 0 bridgehead atoms. The minimum atomic E-state index is -1.69. The van der Waals surface area contributed by atoms with Gasteiger partial charge in [0.25, 0.3) is 0 Å². The third-order valence-electron chi connectivity index (χ3n) is 9.31. The molecule has 0 radical (unpaired) electrons. The van der Waals surface area contributed by atoms with E-state index in [1.165, 1.54) is 0 Å². The molecule has 3 aromatic carbocycles. The smallest absolute Gasteiger partial charge is 0.245 e. The Morgan fingerprint density at radius 1 is 0.755 bits per heavy atom. The van der Waals surface area contributed by atoms with Crippen LogP contribution in [0.4, 0.5) is 17.3 Å². The molecule has 272 valence electrons. The molecule has 0 amide bonds. The normalized spacial score (nSPS) is 14.5.